The monoisotopic (exact) mass is 266 g/mol. The van der Waals surface area contributed by atoms with Crippen LogP contribution in [0, 0.1) is 5.92 Å². The van der Waals surface area contributed by atoms with E-state index in [0.717, 1.165) is 0 Å². The average Bonchev–Trinajstić information content (AvgIpc) is 2.69. The lowest BCUT2D eigenvalue weighted by Crippen LogP contribution is -2.43. The number of pyridine rings is 1. The van der Waals surface area contributed by atoms with Gasteiger partial charge in [-0.1, -0.05) is 0 Å². The van der Waals surface area contributed by atoms with Crippen LogP contribution in [0.5, 0.6) is 0 Å². The third-order valence-electron chi connectivity index (χ3n) is 3.42. The molecule has 1 heterocycles. The number of nitrogens with zero attached hydrogens (tertiary/aromatic N) is 1. The number of aliphatic hydroxyl groups excluding tert-OH is 2. The summed E-state index contributed by atoms with van der Waals surface area (Å²) in [5.41, 5.74) is 0.430. The minimum absolute atomic E-state index is 0.167. The van der Waals surface area contributed by atoms with E-state index in [4.69, 9.17) is 4.74 Å². The van der Waals surface area contributed by atoms with Crippen LogP contribution < -0.4 is 5.32 Å². The molecule has 4 unspecified atom stereocenters. The molecule has 1 aliphatic carbocycles. The van der Waals surface area contributed by atoms with Gasteiger partial charge in [-0.2, -0.15) is 0 Å². The number of methoxy groups -OCH3 is 1. The van der Waals surface area contributed by atoms with E-state index >= 15 is 0 Å². The fraction of sp³-hybridized carbons (Fsp3) is 0.538. The van der Waals surface area contributed by atoms with Crippen LogP contribution >= 0.6 is 0 Å². The molecule has 104 valence electrons. The van der Waals surface area contributed by atoms with E-state index in [0.29, 0.717) is 18.6 Å². The van der Waals surface area contributed by atoms with Gasteiger partial charge in [-0.05, 0) is 18.6 Å². The Labute approximate surface area is 111 Å². The second-order valence-corrected chi connectivity index (χ2v) is 4.75. The number of carbonyl (C=O) groups is 1. The Balaban J connectivity index is 1.98. The van der Waals surface area contributed by atoms with Gasteiger partial charge in [0.1, 0.15) is 6.10 Å². The summed E-state index contributed by atoms with van der Waals surface area (Å²) in [7, 11) is 1.54. The zero-order valence-electron chi connectivity index (χ0n) is 10.7. The summed E-state index contributed by atoms with van der Waals surface area (Å²) in [6, 6.07) is 2.85. The molecule has 1 fully saturated rings. The number of ether oxygens (including phenoxy) is 1. The van der Waals surface area contributed by atoms with Gasteiger partial charge in [0.2, 0.25) is 0 Å². The molecule has 0 spiro atoms. The van der Waals surface area contributed by atoms with Crippen molar-refractivity contribution in [2.75, 3.05) is 13.7 Å². The van der Waals surface area contributed by atoms with Crippen molar-refractivity contribution in [2.24, 2.45) is 5.92 Å². The Bertz CT molecular complexity index is 426. The van der Waals surface area contributed by atoms with E-state index < -0.39 is 18.2 Å². The number of rotatable bonds is 4. The van der Waals surface area contributed by atoms with Crippen molar-refractivity contribution in [3.05, 3.63) is 30.1 Å². The van der Waals surface area contributed by atoms with Crippen LogP contribution in [0.4, 0.5) is 0 Å². The number of hydrogen-bond acceptors (Lipinski definition) is 5. The van der Waals surface area contributed by atoms with E-state index in [9.17, 15) is 15.0 Å². The predicted molar refractivity (Wildman–Crippen MR) is 67.5 cm³/mol. The van der Waals surface area contributed by atoms with Crippen molar-refractivity contribution in [1.29, 1.82) is 0 Å². The molecule has 0 bridgehead atoms. The molecule has 0 saturated heterocycles. The molecule has 0 radical (unpaired) electrons. The quantitative estimate of drug-likeness (QED) is 0.687. The smallest absolute Gasteiger partial charge is 0.253 e. The topological polar surface area (TPSA) is 91.7 Å². The van der Waals surface area contributed by atoms with E-state index in [1.807, 2.05) is 0 Å². The highest BCUT2D eigenvalue weighted by Gasteiger charge is 2.42. The van der Waals surface area contributed by atoms with Crippen molar-refractivity contribution in [3.63, 3.8) is 0 Å². The lowest BCUT2D eigenvalue weighted by Gasteiger charge is -2.18. The van der Waals surface area contributed by atoms with Gasteiger partial charge in [0, 0.05) is 25.4 Å². The molecule has 1 aromatic rings. The van der Waals surface area contributed by atoms with Crippen molar-refractivity contribution >= 4 is 5.91 Å². The molecule has 19 heavy (non-hydrogen) atoms. The number of hydrogen-bond donors (Lipinski definition) is 3. The molecular weight excluding hydrogens is 248 g/mol. The van der Waals surface area contributed by atoms with Gasteiger partial charge in [-0.15, -0.1) is 0 Å². The van der Waals surface area contributed by atoms with E-state index in [2.05, 4.69) is 10.3 Å². The summed E-state index contributed by atoms with van der Waals surface area (Å²) in [5.74, 6) is -0.471. The van der Waals surface area contributed by atoms with Crippen LogP contribution in [0.2, 0.25) is 0 Å². The van der Waals surface area contributed by atoms with Gasteiger partial charge in [-0.3, -0.25) is 9.78 Å². The highest BCUT2D eigenvalue weighted by molar-refractivity contribution is 5.94. The predicted octanol–water partition coefficient (Wildman–Crippen LogP) is -0.432. The molecule has 6 nitrogen and oxygen atoms in total. The molecule has 2 rings (SSSR count). The highest BCUT2D eigenvalue weighted by Crippen LogP contribution is 2.27. The van der Waals surface area contributed by atoms with Gasteiger partial charge in [0.05, 0.1) is 24.3 Å². The average molecular weight is 266 g/mol. The van der Waals surface area contributed by atoms with E-state index in [-0.39, 0.29) is 11.8 Å². The second kappa shape index (κ2) is 6.10. The Morgan fingerprint density at radius 1 is 1.53 bits per heavy atom. The first kappa shape index (κ1) is 13.9. The van der Waals surface area contributed by atoms with E-state index in [1.54, 1.807) is 25.4 Å². The third-order valence-corrected chi connectivity index (χ3v) is 3.42. The van der Waals surface area contributed by atoms with Crippen molar-refractivity contribution in [2.45, 2.75) is 24.7 Å². The van der Waals surface area contributed by atoms with Crippen molar-refractivity contribution < 1.29 is 19.7 Å². The molecular formula is C13H18N2O4. The summed E-state index contributed by atoms with van der Waals surface area (Å²) >= 11 is 0. The van der Waals surface area contributed by atoms with Crippen LogP contribution in [-0.4, -0.2) is 53.1 Å². The summed E-state index contributed by atoms with van der Waals surface area (Å²) < 4.78 is 4.99. The van der Waals surface area contributed by atoms with Crippen LogP contribution in [0.25, 0.3) is 0 Å². The lowest BCUT2D eigenvalue weighted by atomic mass is 10.1. The normalized spacial score (nSPS) is 30.3. The fourth-order valence-electron chi connectivity index (χ4n) is 2.40. The maximum atomic E-state index is 11.9. The maximum absolute atomic E-state index is 11.9. The van der Waals surface area contributed by atoms with Crippen molar-refractivity contribution in [1.82, 2.24) is 10.3 Å². The standard InChI is InChI=1S/C13H18N2O4/c1-19-7-9-5-10(12(17)11(9)16)15-13(18)8-3-2-4-14-6-8/h2-4,6,9-12,16-17H,5,7H2,1H3,(H,15,18). The van der Waals surface area contributed by atoms with Gasteiger partial charge in [0.15, 0.2) is 0 Å². The lowest BCUT2D eigenvalue weighted by molar-refractivity contribution is -0.00552. The van der Waals surface area contributed by atoms with Gasteiger partial charge < -0.3 is 20.3 Å². The Morgan fingerprint density at radius 2 is 2.32 bits per heavy atom. The molecule has 1 aliphatic rings. The molecule has 0 aromatic carbocycles. The number of carbonyl (C=O) groups excluding carboxylic acids is 1. The maximum Gasteiger partial charge on any atom is 0.253 e. The van der Waals surface area contributed by atoms with E-state index in [1.165, 1.54) is 6.20 Å². The molecule has 1 saturated carbocycles. The Morgan fingerprint density at radius 3 is 2.95 bits per heavy atom. The Hall–Kier alpha value is -1.50. The summed E-state index contributed by atoms with van der Waals surface area (Å²) in [6.07, 6.45) is 1.68. The zero-order valence-corrected chi connectivity index (χ0v) is 10.7. The molecule has 3 N–H and O–H groups in total. The number of nitrogens with one attached hydrogen (secondary N) is 1. The largest absolute Gasteiger partial charge is 0.390 e. The van der Waals surface area contributed by atoms with Gasteiger partial charge in [0.25, 0.3) is 5.91 Å². The highest BCUT2D eigenvalue weighted by atomic mass is 16.5. The summed E-state index contributed by atoms with van der Waals surface area (Å²) in [5, 5.41) is 22.5. The van der Waals surface area contributed by atoms with Crippen molar-refractivity contribution in [3.8, 4) is 0 Å². The van der Waals surface area contributed by atoms with Crippen LogP contribution in [0.1, 0.15) is 16.8 Å². The number of amides is 1. The summed E-state index contributed by atoms with van der Waals surface area (Å²) in [4.78, 5) is 15.8. The molecule has 6 heteroatoms. The van der Waals surface area contributed by atoms with Crippen LogP contribution in [0.3, 0.4) is 0 Å². The number of aliphatic hydroxyl groups is 2. The Kier molecular flexibility index (Phi) is 4.47. The third kappa shape index (κ3) is 3.09. The first-order valence-electron chi connectivity index (χ1n) is 6.19. The molecule has 1 aromatic heterocycles. The molecule has 0 aliphatic heterocycles. The fourth-order valence-corrected chi connectivity index (χ4v) is 2.40. The van der Waals surface area contributed by atoms with Gasteiger partial charge in [-0.25, -0.2) is 0 Å². The summed E-state index contributed by atoms with van der Waals surface area (Å²) in [6.45, 7) is 0.359. The van der Waals surface area contributed by atoms with Gasteiger partial charge >= 0.3 is 0 Å². The molecule has 4 atom stereocenters. The SMILES string of the molecule is COCC1CC(NC(=O)c2cccnc2)C(O)C1O. The minimum atomic E-state index is -0.972. The first-order valence-corrected chi connectivity index (χ1v) is 6.19. The first-order chi connectivity index (χ1) is 9.13. The molecule has 1 amide bonds. The zero-order chi connectivity index (χ0) is 13.8. The second-order valence-electron chi connectivity index (χ2n) is 4.75. The minimum Gasteiger partial charge on any atom is -0.390 e. The number of aromatic nitrogens is 1. The van der Waals surface area contributed by atoms with Crippen LogP contribution in [0.15, 0.2) is 24.5 Å². The van der Waals surface area contributed by atoms with Crippen LogP contribution in [-0.2, 0) is 4.74 Å².